The summed E-state index contributed by atoms with van der Waals surface area (Å²) in [6.45, 7) is 4.67. The highest BCUT2D eigenvalue weighted by Gasteiger charge is 2.44. The van der Waals surface area contributed by atoms with Gasteiger partial charge in [0.15, 0.2) is 0 Å². The molecule has 1 aliphatic rings. The Labute approximate surface area is 142 Å². The molecule has 24 heavy (non-hydrogen) atoms. The van der Waals surface area contributed by atoms with Gasteiger partial charge in [0.1, 0.15) is 0 Å². The highest BCUT2D eigenvalue weighted by molar-refractivity contribution is 5.89. The molecule has 1 aliphatic carbocycles. The van der Waals surface area contributed by atoms with Crippen LogP contribution in [-0.2, 0) is 9.59 Å². The molecule has 2 aromatic carbocycles. The zero-order chi connectivity index (χ0) is 17.1. The fourth-order valence-electron chi connectivity index (χ4n) is 3.11. The molecule has 2 N–H and O–H groups in total. The van der Waals surface area contributed by atoms with Crippen LogP contribution in [-0.4, -0.2) is 24.9 Å². The lowest BCUT2D eigenvalue weighted by atomic mass is 10.00. The van der Waals surface area contributed by atoms with Crippen molar-refractivity contribution >= 4 is 22.6 Å². The van der Waals surface area contributed by atoms with Gasteiger partial charge in [-0.15, -0.1) is 0 Å². The monoisotopic (exact) mass is 324 g/mol. The maximum Gasteiger partial charge on any atom is 0.223 e. The second kappa shape index (κ2) is 7.04. The normalized spacial score (nSPS) is 19.3. The number of hydrogen-bond donors (Lipinski definition) is 2. The lowest BCUT2D eigenvalue weighted by Crippen LogP contribution is -2.37. The molecule has 1 fully saturated rings. The maximum absolute atomic E-state index is 12.3. The predicted molar refractivity (Wildman–Crippen MR) is 95.7 cm³/mol. The van der Waals surface area contributed by atoms with Gasteiger partial charge >= 0.3 is 0 Å². The van der Waals surface area contributed by atoms with E-state index in [9.17, 15) is 9.59 Å². The van der Waals surface area contributed by atoms with E-state index in [1.165, 1.54) is 16.3 Å². The minimum atomic E-state index is -0.0279. The lowest BCUT2D eigenvalue weighted by molar-refractivity contribution is -0.125. The van der Waals surface area contributed by atoms with Gasteiger partial charge in [0.05, 0.1) is 0 Å². The van der Waals surface area contributed by atoms with E-state index in [0.29, 0.717) is 19.0 Å². The van der Waals surface area contributed by atoms with Gasteiger partial charge in [-0.1, -0.05) is 56.3 Å². The van der Waals surface area contributed by atoms with Gasteiger partial charge in [-0.3, -0.25) is 9.59 Å². The average molecular weight is 324 g/mol. The van der Waals surface area contributed by atoms with Gasteiger partial charge in [-0.2, -0.15) is 0 Å². The van der Waals surface area contributed by atoms with Crippen LogP contribution in [0.1, 0.15) is 31.7 Å². The number of nitrogens with one attached hydrogen (secondary N) is 2. The van der Waals surface area contributed by atoms with Crippen molar-refractivity contribution in [2.24, 2.45) is 11.8 Å². The van der Waals surface area contributed by atoms with E-state index >= 15 is 0 Å². The van der Waals surface area contributed by atoms with Gasteiger partial charge in [-0.25, -0.2) is 0 Å². The number of fused-ring (bicyclic) bond motifs is 1. The van der Waals surface area contributed by atoms with E-state index in [1.54, 1.807) is 0 Å². The molecule has 0 saturated heterocycles. The topological polar surface area (TPSA) is 58.2 Å². The van der Waals surface area contributed by atoms with Crippen molar-refractivity contribution in [1.29, 1.82) is 0 Å². The van der Waals surface area contributed by atoms with Crippen molar-refractivity contribution in [3.8, 4) is 0 Å². The standard InChI is InChI=1S/C20H24N2O2/c1-13(2)19(23)21-10-11-22-20(24)18-12-17(18)16-9-5-7-14-6-3-4-8-15(14)16/h3-9,13,17-18H,10-12H2,1-2H3,(H,21,23)(H,22,24). The molecule has 4 heteroatoms. The van der Waals surface area contributed by atoms with Crippen LogP contribution in [0.2, 0.25) is 0 Å². The molecule has 0 heterocycles. The first-order chi connectivity index (χ1) is 11.6. The Kier molecular flexibility index (Phi) is 4.84. The fourth-order valence-corrected chi connectivity index (χ4v) is 3.11. The zero-order valence-electron chi connectivity index (χ0n) is 14.2. The number of benzene rings is 2. The third-order valence-corrected chi connectivity index (χ3v) is 4.60. The minimum absolute atomic E-state index is 0.0179. The Morgan fingerprint density at radius 3 is 2.54 bits per heavy atom. The van der Waals surface area contributed by atoms with Gasteiger partial charge in [0.25, 0.3) is 0 Å². The first-order valence-electron chi connectivity index (χ1n) is 8.61. The van der Waals surface area contributed by atoms with Crippen LogP contribution < -0.4 is 10.6 Å². The Morgan fingerprint density at radius 1 is 1.04 bits per heavy atom. The van der Waals surface area contributed by atoms with Crippen molar-refractivity contribution in [3.05, 3.63) is 48.0 Å². The fraction of sp³-hybridized carbons (Fsp3) is 0.400. The van der Waals surface area contributed by atoms with Gasteiger partial charge in [0, 0.05) is 24.9 Å². The number of carbonyl (C=O) groups excluding carboxylic acids is 2. The molecule has 0 aliphatic heterocycles. The van der Waals surface area contributed by atoms with E-state index in [-0.39, 0.29) is 23.7 Å². The number of amides is 2. The second-order valence-corrected chi connectivity index (χ2v) is 6.75. The van der Waals surface area contributed by atoms with Crippen LogP contribution in [0.5, 0.6) is 0 Å². The van der Waals surface area contributed by atoms with Crippen LogP contribution >= 0.6 is 0 Å². The molecule has 1 saturated carbocycles. The summed E-state index contributed by atoms with van der Waals surface area (Å²) >= 11 is 0. The summed E-state index contributed by atoms with van der Waals surface area (Å²) in [4.78, 5) is 23.8. The van der Waals surface area contributed by atoms with Crippen molar-refractivity contribution in [1.82, 2.24) is 10.6 Å². The second-order valence-electron chi connectivity index (χ2n) is 6.75. The molecule has 0 spiro atoms. The first kappa shape index (κ1) is 16.5. The third-order valence-electron chi connectivity index (χ3n) is 4.60. The first-order valence-corrected chi connectivity index (χ1v) is 8.61. The number of hydrogen-bond acceptors (Lipinski definition) is 2. The van der Waals surface area contributed by atoms with Crippen molar-refractivity contribution in [3.63, 3.8) is 0 Å². The Morgan fingerprint density at radius 2 is 1.75 bits per heavy atom. The smallest absolute Gasteiger partial charge is 0.223 e. The van der Waals surface area contributed by atoms with Gasteiger partial charge < -0.3 is 10.6 Å². The Bertz CT molecular complexity index is 749. The quantitative estimate of drug-likeness (QED) is 0.803. The molecule has 2 atom stereocenters. The number of carbonyl (C=O) groups is 2. The van der Waals surface area contributed by atoms with Gasteiger partial charge in [-0.05, 0) is 28.7 Å². The van der Waals surface area contributed by atoms with E-state index in [0.717, 1.165) is 6.42 Å². The van der Waals surface area contributed by atoms with E-state index in [2.05, 4.69) is 41.0 Å². The van der Waals surface area contributed by atoms with Crippen LogP contribution in [0.25, 0.3) is 10.8 Å². The van der Waals surface area contributed by atoms with Crippen LogP contribution in [0.15, 0.2) is 42.5 Å². The highest BCUT2D eigenvalue weighted by Crippen LogP contribution is 2.49. The van der Waals surface area contributed by atoms with Crippen molar-refractivity contribution in [2.75, 3.05) is 13.1 Å². The molecule has 0 radical (unpaired) electrons. The largest absolute Gasteiger partial charge is 0.354 e. The molecular weight excluding hydrogens is 300 g/mol. The predicted octanol–water partition coefficient (Wildman–Crippen LogP) is 2.83. The molecule has 2 amide bonds. The zero-order valence-corrected chi connectivity index (χ0v) is 14.2. The summed E-state index contributed by atoms with van der Waals surface area (Å²) in [7, 11) is 0. The highest BCUT2D eigenvalue weighted by atomic mass is 16.2. The van der Waals surface area contributed by atoms with Crippen LogP contribution in [0.3, 0.4) is 0 Å². The Hall–Kier alpha value is -2.36. The van der Waals surface area contributed by atoms with Crippen LogP contribution in [0, 0.1) is 11.8 Å². The molecule has 3 rings (SSSR count). The summed E-state index contributed by atoms with van der Waals surface area (Å²) in [5.74, 6) is 0.439. The molecule has 0 aromatic heterocycles. The third kappa shape index (κ3) is 3.58. The van der Waals surface area contributed by atoms with Gasteiger partial charge in [0.2, 0.25) is 11.8 Å². The van der Waals surface area contributed by atoms with E-state index in [4.69, 9.17) is 0 Å². The maximum atomic E-state index is 12.3. The summed E-state index contributed by atoms with van der Waals surface area (Å²) in [5, 5.41) is 8.20. The Balaban J connectivity index is 1.53. The summed E-state index contributed by atoms with van der Waals surface area (Å²) in [6, 6.07) is 14.6. The van der Waals surface area contributed by atoms with Crippen LogP contribution in [0.4, 0.5) is 0 Å². The molecule has 2 unspecified atom stereocenters. The van der Waals surface area contributed by atoms with Crippen molar-refractivity contribution in [2.45, 2.75) is 26.2 Å². The van der Waals surface area contributed by atoms with Crippen molar-refractivity contribution < 1.29 is 9.59 Å². The minimum Gasteiger partial charge on any atom is -0.354 e. The molecule has 0 bridgehead atoms. The average Bonchev–Trinajstić information content (AvgIpc) is 3.38. The molecule has 2 aromatic rings. The summed E-state index contributed by atoms with van der Waals surface area (Å²) < 4.78 is 0. The lowest BCUT2D eigenvalue weighted by Gasteiger charge is -2.09. The molecule has 4 nitrogen and oxygen atoms in total. The van der Waals surface area contributed by atoms with E-state index in [1.807, 2.05) is 26.0 Å². The SMILES string of the molecule is CC(C)C(=O)NCCNC(=O)C1CC1c1cccc2ccccc12. The van der Waals surface area contributed by atoms with E-state index < -0.39 is 0 Å². The summed E-state index contributed by atoms with van der Waals surface area (Å²) in [5.41, 5.74) is 1.27. The number of rotatable bonds is 6. The molecular formula is C20H24N2O2. The molecule has 126 valence electrons. The summed E-state index contributed by atoms with van der Waals surface area (Å²) in [6.07, 6.45) is 0.901.